The molecule has 0 saturated carbocycles. The Hall–Kier alpha value is -4.98. The molecule has 0 saturated heterocycles. The molecule has 8 heteroatoms. The normalized spacial score (nSPS) is 10.5. The molecule has 0 radical (unpaired) electrons. The summed E-state index contributed by atoms with van der Waals surface area (Å²) in [7, 11) is 1.52. The highest BCUT2D eigenvalue weighted by atomic mass is 19.3. The standard InChI is InChI=1S/C31H26F2O6/c1-19(2)30(34)38-25-12-7-21(8-13-25)6-9-23-16-28(37-18-29(32)33)26(17-27(23)39-31(35)20(3)4)22-10-14-24(36-5)15-11-22/h6-18H,1,3H2,2,4-5H3/b9-6+. The zero-order valence-corrected chi connectivity index (χ0v) is 21.6. The molecular formula is C31H26F2O6. The van der Waals surface area contributed by atoms with Crippen LogP contribution in [0.1, 0.15) is 25.0 Å². The molecule has 0 aliphatic heterocycles. The molecule has 39 heavy (non-hydrogen) atoms. The first-order valence-electron chi connectivity index (χ1n) is 11.6. The van der Waals surface area contributed by atoms with Crippen molar-refractivity contribution < 1.29 is 37.3 Å². The van der Waals surface area contributed by atoms with E-state index in [1.807, 2.05) is 0 Å². The Kier molecular flexibility index (Phi) is 9.53. The summed E-state index contributed by atoms with van der Waals surface area (Å²) in [5.41, 5.74) is 2.57. The number of hydrogen-bond acceptors (Lipinski definition) is 6. The van der Waals surface area contributed by atoms with Crippen LogP contribution in [0.25, 0.3) is 23.3 Å². The summed E-state index contributed by atoms with van der Waals surface area (Å²) in [4.78, 5) is 24.1. The first kappa shape index (κ1) is 28.6. The van der Waals surface area contributed by atoms with E-state index in [4.69, 9.17) is 18.9 Å². The van der Waals surface area contributed by atoms with Gasteiger partial charge in [-0.05, 0) is 61.4 Å². The van der Waals surface area contributed by atoms with Gasteiger partial charge in [0.05, 0.1) is 7.11 Å². The van der Waals surface area contributed by atoms with Crippen molar-refractivity contribution in [1.82, 2.24) is 0 Å². The van der Waals surface area contributed by atoms with Crippen molar-refractivity contribution in [3.8, 4) is 34.1 Å². The van der Waals surface area contributed by atoms with Crippen molar-refractivity contribution in [3.05, 3.63) is 108 Å². The van der Waals surface area contributed by atoms with Crippen LogP contribution in [0.2, 0.25) is 0 Å². The molecule has 0 unspecified atom stereocenters. The van der Waals surface area contributed by atoms with Crippen LogP contribution in [0.4, 0.5) is 8.78 Å². The van der Waals surface area contributed by atoms with Crippen LogP contribution < -0.4 is 18.9 Å². The number of ether oxygens (including phenoxy) is 4. The SMILES string of the molecule is C=C(C)C(=O)Oc1ccc(/C=C/c2cc(OC=C(F)F)c(-c3ccc(OC)cc3)cc2OC(=O)C(=C)C)cc1. The maximum absolute atomic E-state index is 12.9. The Morgan fingerprint density at radius 1 is 0.769 bits per heavy atom. The number of carbonyl (C=O) groups excluding carboxylic acids is 2. The number of hydrogen-bond donors (Lipinski definition) is 0. The van der Waals surface area contributed by atoms with Gasteiger partial charge in [0.25, 0.3) is 0 Å². The summed E-state index contributed by atoms with van der Waals surface area (Å²) in [6, 6.07) is 16.5. The number of halogens is 2. The van der Waals surface area contributed by atoms with Gasteiger partial charge in [-0.1, -0.05) is 49.6 Å². The molecule has 0 aliphatic carbocycles. The maximum Gasteiger partial charge on any atom is 0.338 e. The first-order chi connectivity index (χ1) is 18.6. The second kappa shape index (κ2) is 13.0. The molecule has 3 aromatic rings. The van der Waals surface area contributed by atoms with Gasteiger partial charge >= 0.3 is 18.0 Å². The predicted octanol–water partition coefficient (Wildman–Crippen LogP) is 7.61. The van der Waals surface area contributed by atoms with E-state index in [1.165, 1.54) is 26.2 Å². The lowest BCUT2D eigenvalue weighted by atomic mass is 10.0. The van der Waals surface area contributed by atoms with Crippen molar-refractivity contribution in [2.45, 2.75) is 13.8 Å². The smallest absolute Gasteiger partial charge is 0.338 e. The topological polar surface area (TPSA) is 71.1 Å². The van der Waals surface area contributed by atoms with Gasteiger partial charge < -0.3 is 18.9 Å². The second-order valence-corrected chi connectivity index (χ2v) is 8.38. The number of esters is 2. The van der Waals surface area contributed by atoms with Crippen LogP contribution in [-0.2, 0) is 9.59 Å². The average Bonchev–Trinajstić information content (AvgIpc) is 2.91. The van der Waals surface area contributed by atoms with E-state index in [-0.39, 0.29) is 22.6 Å². The lowest BCUT2D eigenvalue weighted by molar-refractivity contribution is -0.130. The molecule has 0 spiro atoms. The Balaban J connectivity index is 2.06. The quantitative estimate of drug-likeness (QED) is 0.0880. The van der Waals surface area contributed by atoms with Gasteiger partial charge in [-0.15, -0.1) is 0 Å². The number of methoxy groups -OCH3 is 1. The molecule has 0 aromatic heterocycles. The Morgan fingerprint density at radius 3 is 1.92 bits per heavy atom. The molecule has 0 fully saturated rings. The summed E-state index contributed by atoms with van der Waals surface area (Å²) in [5.74, 6) is 0.0161. The van der Waals surface area contributed by atoms with Gasteiger partial charge in [0.15, 0.2) is 6.26 Å². The molecule has 0 N–H and O–H groups in total. The number of carbonyl (C=O) groups is 2. The fraction of sp³-hybridized carbons (Fsp3) is 0.0968. The molecule has 3 rings (SSSR count). The fourth-order valence-electron chi connectivity index (χ4n) is 3.21. The predicted molar refractivity (Wildman–Crippen MR) is 146 cm³/mol. The third kappa shape index (κ3) is 8.00. The highest BCUT2D eigenvalue weighted by molar-refractivity contribution is 5.91. The van der Waals surface area contributed by atoms with Gasteiger partial charge in [-0.25, -0.2) is 9.59 Å². The summed E-state index contributed by atoms with van der Waals surface area (Å²) in [5, 5.41) is 0. The van der Waals surface area contributed by atoms with E-state index >= 15 is 0 Å². The molecule has 3 aromatic carbocycles. The van der Waals surface area contributed by atoms with Crippen LogP contribution in [0.15, 0.2) is 97.3 Å². The molecule has 0 heterocycles. The third-order valence-electron chi connectivity index (χ3n) is 5.23. The Bertz CT molecular complexity index is 1450. The molecular weight excluding hydrogens is 506 g/mol. The molecule has 6 nitrogen and oxygen atoms in total. The van der Waals surface area contributed by atoms with Crippen molar-refractivity contribution in [2.75, 3.05) is 7.11 Å². The molecule has 200 valence electrons. The molecule has 0 aliphatic rings. The van der Waals surface area contributed by atoms with Gasteiger partial charge in [-0.2, -0.15) is 8.78 Å². The van der Waals surface area contributed by atoms with Crippen LogP contribution in [-0.4, -0.2) is 19.0 Å². The van der Waals surface area contributed by atoms with E-state index in [9.17, 15) is 18.4 Å². The van der Waals surface area contributed by atoms with Crippen LogP contribution in [0.3, 0.4) is 0 Å². The minimum Gasteiger partial charge on any atom is -0.497 e. The van der Waals surface area contributed by atoms with E-state index in [2.05, 4.69) is 13.2 Å². The largest absolute Gasteiger partial charge is 0.497 e. The Morgan fingerprint density at radius 2 is 1.36 bits per heavy atom. The van der Waals surface area contributed by atoms with E-state index in [0.29, 0.717) is 34.5 Å². The molecule has 0 amide bonds. The Labute approximate surface area is 225 Å². The summed E-state index contributed by atoms with van der Waals surface area (Å²) < 4.78 is 47.1. The summed E-state index contributed by atoms with van der Waals surface area (Å²) in [6.45, 7) is 10.2. The van der Waals surface area contributed by atoms with Crippen LogP contribution >= 0.6 is 0 Å². The van der Waals surface area contributed by atoms with Gasteiger partial charge in [-0.3, -0.25) is 0 Å². The second-order valence-electron chi connectivity index (χ2n) is 8.38. The first-order valence-corrected chi connectivity index (χ1v) is 11.6. The molecule has 0 bridgehead atoms. The van der Waals surface area contributed by atoms with E-state index in [1.54, 1.807) is 67.6 Å². The summed E-state index contributed by atoms with van der Waals surface area (Å²) in [6.07, 6.45) is 1.66. The van der Waals surface area contributed by atoms with Crippen molar-refractivity contribution >= 4 is 24.1 Å². The zero-order valence-electron chi connectivity index (χ0n) is 21.6. The zero-order chi connectivity index (χ0) is 28.5. The van der Waals surface area contributed by atoms with Gasteiger partial charge in [0.2, 0.25) is 0 Å². The van der Waals surface area contributed by atoms with E-state index < -0.39 is 18.0 Å². The molecule has 0 atom stereocenters. The summed E-state index contributed by atoms with van der Waals surface area (Å²) >= 11 is 0. The fourth-order valence-corrected chi connectivity index (χ4v) is 3.21. The number of benzene rings is 3. The van der Waals surface area contributed by atoms with Crippen molar-refractivity contribution in [2.24, 2.45) is 0 Å². The minimum atomic E-state index is -2.02. The van der Waals surface area contributed by atoms with Gasteiger partial charge in [0.1, 0.15) is 23.0 Å². The lowest BCUT2D eigenvalue weighted by Crippen LogP contribution is -2.09. The monoisotopic (exact) mass is 532 g/mol. The van der Waals surface area contributed by atoms with E-state index in [0.717, 1.165) is 5.56 Å². The third-order valence-corrected chi connectivity index (χ3v) is 5.23. The lowest BCUT2D eigenvalue weighted by Gasteiger charge is -2.15. The average molecular weight is 533 g/mol. The van der Waals surface area contributed by atoms with Crippen molar-refractivity contribution in [3.63, 3.8) is 0 Å². The van der Waals surface area contributed by atoms with Crippen LogP contribution in [0, 0.1) is 0 Å². The maximum atomic E-state index is 12.9. The van der Waals surface area contributed by atoms with Crippen LogP contribution in [0.5, 0.6) is 23.0 Å². The van der Waals surface area contributed by atoms with Crippen molar-refractivity contribution in [1.29, 1.82) is 0 Å². The number of rotatable bonds is 10. The highest BCUT2D eigenvalue weighted by Crippen LogP contribution is 2.38. The van der Waals surface area contributed by atoms with Gasteiger partial charge in [0, 0.05) is 22.3 Å². The highest BCUT2D eigenvalue weighted by Gasteiger charge is 2.16. The minimum absolute atomic E-state index is 0.102.